The Hall–Kier alpha value is -1.22. The van der Waals surface area contributed by atoms with Crippen LogP contribution in [0, 0.1) is 0 Å². The standard InChI is InChI=1S/C14H23N3/c1-15-12-6-4-7-13(10-12)17(3)14-8-5-9-16(2)11-14/h4,6-7,10,14-15H,5,8-9,11H2,1-3H3. The summed E-state index contributed by atoms with van der Waals surface area (Å²) >= 11 is 0. The van der Waals surface area contributed by atoms with Crippen LogP contribution >= 0.6 is 0 Å². The summed E-state index contributed by atoms with van der Waals surface area (Å²) in [6, 6.07) is 9.26. The van der Waals surface area contributed by atoms with Crippen LogP contribution < -0.4 is 10.2 Å². The number of anilines is 2. The quantitative estimate of drug-likeness (QED) is 0.864. The van der Waals surface area contributed by atoms with Gasteiger partial charge in [-0.05, 0) is 44.6 Å². The molecule has 3 nitrogen and oxygen atoms in total. The first-order chi connectivity index (χ1) is 8.20. The number of benzene rings is 1. The van der Waals surface area contributed by atoms with Crippen LogP contribution in [0.25, 0.3) is 0 Å². The van der Waals surface area contributed by atoms with Crippen LogP contribution in [0.15, 0.2) is 24.3 Å². The highest BCUT2D eigenvalue weighted by molar-refractivity contribution is 5.58. The smallest absolute Gasteiger partial charge is 0.0414 e. The Balaban J connectivity index is 2.09. The van der Waals surface area contributed by atoms with Gasteiger partial charge in [0.05, 0.1) is 0 Å². The van der Waals surface area contributed by atoms with Gasteiger partial charge >= 0.3 is 0 Å². The number of likely N-dealkylation sites (N-methyl/N-ethyl adjacent to an activating group) is 2. The molecule has 0 aromatic heterocycles. The molecule has 1 aliphatic rings. The average Bonchev–Trinajstić information content (AvgIpc) is 2.38. The van der Waals surface area contributed by atoms with Gasteiger partial charge in [0.2, 0.25) is 0 Å². The van der Waals surface area contributed by atoms with Gasteiger partial charge in [-0.3, -0.25) is 0 Å². The van der Waals surface area contributed by atoms with Crippen LogP contribution in [0.5, 0.6) is 0 Å². The normalized spacial score (nSPS) is 21.2. The number of rotatable bonds is 3. The monoisotopic (exact) mass is 233 g/mol. The summed E-state index contributed by atoms with van der Waals surface area (Å²) in [6.45, 7) is 2.40. The lowest BCUT2D eigenvalue weighted by Gasteiger charge is -2.37. The number of piperidine rings is 1. The first kappa shape index (κ1) is 12.2. The van der Waals surface area contributed by atoms with Gasteiger partial charge in [-0.15, -0.1) is 0 Å². The third-order valence-corrected chi connectivity index (χ3v) is 3.69. The highest BCUT2D eigenvalue weighted by Crippen LogP contribution is 2.23. The van der Waals surface area contributed by atoms with E-state index < -0.39 is 0 Å². The van der Waals surface area contributed by atoms with Crippen molar-refractivity contribution in [2.75, 3.05) is 44.4 Å². The molecule has 0 bridgehead atoms. The average molecular weight is 233 g/mol. The molecule has 0 spiro atoms. The Morgan fingerprint density at radius 1 is 1.41 bits per heavy atom. The molecule has 1 aromatic rings. The fraction of sp³-hybridized carbons (Fsp3) is 0.571. The van der Waals surface area contributed by atoms with Crippen LogP contribution in [0.1, 0.15) is 12.8 Å². The summed E-state index contributed by atoms with van der Waals surface area (Å²) in [5.74, 6) is 0. The lowest BCUT2D eigenvalue weighted by atomic mass is 10.0. The largest absolute Gasteiger partial charge is 0.388 e. The van der Waals surface area contributed by atoms with Crippen molar-refractivity contribution in [2.24, 2.45) is 0 Å². The van der Waals surface area contributed by atoms with Crippen molar-refractivity contribution >= 4 is 11.4 Å². The second-order valence-electron chi connectivity index (χ2n) is 4.97. The summed E-state index contributed by atoms with van der Waals surface area (Å²) < 4.78 is 0. The molecular weight excluding hydrogens is 210 g/mol. The van der Waals surface area contributed by atoms with E-state index in [1.807, 2.05) is 7.05 Å². The molecule has 2 rings (SSSR count). The van der Waals surface area contributed by atoms with Gasteiger partial charge in [-0.1, -0.05) is 6.07 Å². The zero-order valence-corrected chi connectivity index (χ0v) is 11.1. The first-order valence-corrected chi connectivity index (χ1v) is 6.40. The van der Waals surface area contributed by atoms with Crippen molar-refractivity contribution < 1.29 is 0 Å². The van der Waals surface area contributed by atoms with Gasteiger partial charge in [-0.25, -0.2) is 0 Å². The molecule has 1 N–H and O–H groups in total. The van der Waals surface area contributed by atoms with E-state index in [-0.39, 0.29) is 0 Å². The zero-order valence-electron chi connectivity index (χ0n) is 11.1. The fourth-order valence-corrected chi connectivity index (χ4v) is 2.55. The number of hydrogen-bond acceptors (Lipinski definition) is 3. The van der Waals surface area contributed by atoms with Crippen molar-refractivity contribution in [3.63, 3.8) is 0 Å². The Labute approximate surface area is 104 Å². The van der Waals surface area contributed by atoms with Crippen LogP contribution in [0.3, 0.4) is 0 Å². The molecule has 1 heterocycles. The van der Waals surface area contributed by atoms with E-state index in [2.05, 4.69) is 53.5 Å². The van der Waals surface area contributed by atoms with E-state index >= 15 is 0 Å². The summed E-state index contributed by atoms with van der Waals surface area (Å²) in [6.07, 6.45) is 2.60. The van der Waals surface area contributed by atoms with Crippen LogP contribution in [0.2, 0.25) is 0 Å². The van der Waals surface area contributed by atoms with Gasteiger partial charge in [0.15, 0.2) is 0 Å². The van der Waals surface area contributed by atoms with Gasteiger partial charge < -0.3 is 15.1 Å². The second kappa shape index (κ2) is 5.41. The molecule has 17 heavy (non-hydrogen) atoms. The van der Waals surface area contributed by atoms with E-state index in [0.717, 1.165) is 0 Å². The number of nitrogens with zero attached hydrogens (tertiary/aromatic N) is 2. The minimum absolute atomic E-state index is 0.640. The minimum atomic E-state index is 0.640. The molecular formula is C14H23N3. The number of hydrogen-bond donors (Lipinski definition) is 1. The lowest BCUT2D eigenvalue weighted by Crippen LogP contribution is -2.45. The second-order valence-corrected chi connectivity index (χ2v) is 4.97. The van der Waals surface area contributed by atoms with Crippen molar-refractivity contribution in [1.29, 1.82) is 0 Å². The lowest BCUT2D eigenvalue weighted by molar-refractivity contribution is 0.248. The van der Waals surface area contributed by atoms with E-state index in [1.165, 1.54) is 37.3 Å². The van der Waals surface area contributed by atoms with E-state index in [9.17, 15) is 0 Å². The van der Waals surface area contributed by atoms with E-state index in [0.29, 0.717) is 6.04 Å². The summed E-state index contributed by atoms with van der Waals surface area (Å²) in [5.41, 5.74) is 2.48. The Bertz CT molecular complexity index is 364. The minimum Gasteiger partial charge on any atom is -0.388 e. The maximum absolute atomic E-state index is 3.20. The SMILES string of the molecule is CNc1cccc(N(C)C2CCCN(C)C2)c1. The van der Waals surface area contributed by atoms with E-state index in [1.54, 1.807) is 0 Å². The molecule has 1 saturated heterocycles. The maximum atomic E-state index is 3.20. The van der Waals surface area contributed by atoms with Crippen LogP contribution in [-0.2, 0) is 0 Å². The molecule has 0 saturated carbocycles. The maximum Gasteiger partial charge on any atom is 0.0414 e. The highest BCUT2D eigenvalue weighted by Gasteiger charge is 2.21. The molecule has 3 heteroatoms. The van der Waals surface area contributed by atoms with Crippen molar-refractivity contribution in [3.05, 3.63) is 24.3 Å². The molecule has 1 unspecified atom stereocenters. The molecule has 1 fully saturated rings. The summed E-state index contributed by atoms with van der Waals surface area (Å²) in [5, 5.41) is 3.20. The third kappa shape index (κ3) is 2.91. The van der Waals surface area contributed by atoms with Gasteiger partial charge in [-0.2, -0.15) is 0 Å². The van der Waals surface area contributed by atoms with E-state index in [4.69, 9.17) is 0 Å². The molecule has 94 valence electrons. The van der Waals surface area contributed by atoms with Crippen molar-refractivity contribution in [2.45, 2.75) is 18.9 Å². The summed E-state index contributed by atoms with van der Waals surface area (Å²) in [7, 11) is 6.39. The first-order valence-electron chi connectivity index (χ1n) is 6.40. The van der Waals surface area contributed by atoms with Gasteiger partial charge in [0, 0.05) is 38.1 Å². The van der Waals surface area contributed by atoms with Crippen LogP contribution in [-0.4, -0.2) is 45.2 Å². The number of nitrogens with one attached hydrogen (secondary N) is 1. The summed E-state index contributed by atoms with van der Waals surface area (Å²) in [4.78, 5) is 4.84. The topological polar surface area (TPSA) is 18.5 Å². The van der Waals surface area contributed by atoms with Gasteiger partial charge in [0.25, 0.3) is 0 Å². The Morgan fingerprint density at radius 2 is 2.24 bits per heavy atom. The molecule has 0 radical (unpaired) electrons. The molecule has 0 amide bonds. The van der Waals surface area contributed by atoms with Gasteiger partial charge in [0.1, 0.15) is 0 Å². The molecule has 0 aliphatic carbocycles. The molecule has 1 aliphatic heterocycles. The zero-order chi connectivity index (χ0) is 12.3. The highest BCUT2D eigenvalue weighted by atomic mass is 15.2. The fourth-order valence-electron chi connectivity index (χ4n) is 2.55. The third-order valence-electron chi connectivity index (χ3n) is 3.69. The number of likely N-dealkylation sites (tertiary alicyclic amines) is 1. The Kier molecular flexibility index (Phi) is 3.89. The van der Waals surface area contributed by atoms with Crippen LogP contribution in [0.4, 0.5) is 11.4 Å². The molecule has 1 atom stereocenters. The van der Waals surface area contributed by atoms with Crippen molar-refractivity contribution in [1.82, 2.24) is 4.90 Å². The predicted molar refractivity (Wildman–Crippen MR) is 74.9 cm³/mol. The predicted octanol–water partition coefficient (Wildman–Crippen LogP) is 2.26. The molecule has 1 aromatic carbocycles. The Morgan fingerprint density at radius 3 is 2.94 bits per heavy atom. The van der Waals surface area contributed by atoms with Crippen molar-refractivity contribution in [3.8, 4) is 0 Å².